The second-order valence-corrected chi connectivity index (χ2v) is 4.27. The SMILES string of the molecule is CCOCCN(C)c1nc(Cl)c(CC)c(Cl)n1. The van der Waals surface area contributed by atoms with E-state index in [1.165, 1.54) is 0 Å². The highest BCUT2D eigenvalue weighted by molar-refractivity contribution is 6.34. The van der Waals surface area contributed by atoms with Crippen LogP contribution >= 0.6 is 23.2 Å². The number of anilines is 1. The van der Waals surface area contributed by atoms with Crippen molar-refractivity contribution in [3.8, 4) is 0 Å². The predicted molar refractivity (Wildman–Crippen MR) is 71.2 cm³/mol. The molecule has 0 bridgehead atoms. The molecule has 0 aliphatic carbocycles. The third-order valence-electron chi connectivity index (χ3n) is 2.36. The maximum absolute atomic E-state index is 6.05. The summed E-state index contributed by atoms with van der Waals surface area (Å²) in [5.41, 5.74) is 0.787. The number of aromatic nitrogens is 2. The van der Waals surface area contributed by atoms with Crippen molar-refractivity contribution in [2.75, 3.05) is 31.7 Å². The minimum Gasteiger partial charge on any atom is -0.380 e. The number of nitrogens with zero attached hydrogens (tertiary/aromatic N) is 3. The van der Waals surface area contributed by atoms with Gasteiger partial charge in [-0.05, 0) is 13.3 Å². The van der Waals surface area contributed by atoms with Crippen LogP contribution in [0.1, 0.15) is 19.4 Å². The molecular weight excluding hydrogens is 261 g/mol. The molecule has 17 heavy (non-hydrogen) atoms. The van der Waals surface area contributed by atoms with Gasteiger partial charge in [-0.1, -0.05) is 30.1 Å². The summed E-state index contributed by atoms with van der Waals surface area (Å²) in [6.07, 6.45) is 0.723. The van der Waals surface area contributed by atoms with Crippen LogP contribution in [-0.4, -0.2) is 36.8 Å². The molecule has 1 rings (SSSR count). The smallest absolute Gasteiger partial charge is 0.228 e. The van der Waals surface area contributed by atoms with Gasteiger partial charge in [0.15, 0.2) is 0 Å². The van der Waals surface area contributed by atoms with Crippen LogP contribution in [0.2, 0.25) is 10.3 Å². The quantitative estimate of drug-likeness (QED) is 0.592. The fraction of sp³-hybridized carbons (Fsp3) is 0.636. The van der Waals surface area contributed by atoms with Gasteiger partial charge in [-0.15, -0.1) is 0 Å². The number of ether oxygens (including phenoxy) is 1. The number of hydrogen-bond acceptors (Lipinski definition) is 4. The summed E-state index contributed by atoms with van der Waals surface area (Å²) in [6, 6.07) is 0. The Labute approximate surface area is 112 Å². The first-order chi connectivity index (χ1) is 8.10. The van der Waals surface area contributed by atoms with E-state index in [9.17, 15) is 0 Å². The third-order valence-corrected chi connectivity index (χ3v) is 2.99. The Morgan fingerprint density at radius 1 is 1.18 bits per heavy atom. The van der Waals surface area contributed by atoms with Gasteiger partial charge < -0.3 is 9.64 Å². The number of halogens is 2. The van der Waals surface area contributed by atoms with E-state index in [0.717, 1.165) is 12.0 Å². The summed E-state index contributed by atoms with van der Waals surface area (Å²) in [6.45, 7) is 5.95. The molecule has 0 saturated heterocycles. The minimum absolute atomic E-state index is 0.422. The maximum atomic E-state index is 6.05. The lowest BCUT2D eigenvalue weighted by molar-refractivity contribution is 0.154. The van der Waals surface area contributed by atoms with E-state index >= 15 is 0 Å². The third kappa shape index (κ3) is 3.98. The minimum atomic E-state index is 0.422. The van der Waals surface area contributed by atoms with Crippen LogP contribution in [0.25, 0.3) is 0 Å². The lowest BCUT2D eigenvalue weighted by Crippen LogP contribution is -2.25. The fourth-order valence-corrected chi connectivity index (χ4v) is 1.97. The van der Waals surface area contributed by atoms with Gasteiger partial charge in [0.2, 0.25) is 5.95 Å². The lowest BCUT2D eigenvalue weighted by atomic mass is 10.3. The molecule has 0 unspecified atom stereocenters. The van der Waals surface area contributed by atoms with Crippen LogP contribution in [0, 0.1) is 0 Å². The Morgan fingerprint density at radius 2 is 1.76 bits per heavy atom. The molecule has 0 aliphatic rings. The van der Waals surface area contributed by atoms with E-state index in [1.807, 2.05) is 25.8 Å². The van der Waals surface area contributed by atoms with Crippen molar-refractivity contribution in [3.05, 3.63) is 15.9 Å². The van der Waals surface area contributed by atoms with E-state index in [1.54, 1.807) is 0 Å². The first-order valence-electron chi connectivity index (χ1n) is 5.60. The van der Waals surface area contributed by atoms with Crippen molar-refractivity contribution in [2.45, 2.75) is 20.3 Å². The Bertz CT molecular complexity index is 351. The molecule has 1 heterocycles. The molecule has 1 aromatic heterocycles. The molecule has 0 N–H and O–H groups in total. The number of rotatable bonds is 6. The van der Waals surface area contributed by atoms with Gasteiger partial charge in [0.25, 0.3) is 0 Å². The molecule has 0 aliphatic heterocycles. The van der Waals surface area contributed by atoms with E-state index in [4.69, 9.17) is 27.9 Å². The summed E-state index contributed by atoms with van der Waals surface area (Å²) in [5.74, 6) is 0.525. The molecule has 0 radical (unpaired) electrons. The molecule has 0 amide bonds. The molecule has 0 saturated carbocycles. The van der Waals surface area contributed by atoms with Crippen molar-refractivity contribution in [1.29, 1.82) is 0 Å². The predicted octanol–water partition coefficient (Wildman–Crippen LogP) is 2.82. The molecule has 1 aromatic rings. The van der Waals surface area contributed by atoms with Gasteiger partial charge >= 0.3 is 0 Å². The van der Waals surface area contributed by atoms with E-state index < -0.39 is 0 Å². The van der Waals surface area contributed by atoms with Crippen LogP contribution in [-0.2, 0) is 11.2 Å². The standard InChI is InChI=1S/C11H17Cl2N3O/c1-4-8-9(12)14-11(15-10(8)13)16(3)6-7-17-5-2/h4-7H2,1-3H3. The highest BCUT2D eigenvalue weighted by Crippen LogP contribution is 2.24. The monoisotopic (exact) mass is 277 g/mol. The van der Waals surface area contributed by atoms with Crippen LogP contribution in [0.4, 0.5) is 5.95 Å². The second-order valence-electron chi connectivity index (χ2n) is 3.56. The molecule has 96 valence electrons. The van der Waals surface area contributed by atoms with Gasteiger partial charge in [0.05, 0.1) is 6.61 Å². The van der Waals surface area contributed by atoms with E-state index in [-0.39, 0.29) is 0 Å². The molecule has 0 aromatic carbocycles. The number of hydrogen-bond donors (Lipinski definition) is 0. The van der Waals surface area contributed by atoms with Crippen molar-refractivity contribution in [2.24, 2.45) is 0 Å². The Balaban J connectivity index is 2.77. The summed E-state index contributed by atoms with van der Waals surface area (Å²) < 4.78 is 5.27. The van der Waals surface area contributed by atoms with Gasteiger partial charge in [0.1, 0.15) is 10.3 Å². The summed E-state index contributed by atoms with van der Waals surface area (Å²) in [4.78, 5) is 10.3. The van der Waals surface area contributed by atoms with Crippen molar-refractivity contribution in [1.82, 2.24) is 9.97 Å². The molecule has 0 atom stereocenters. The maximum Gasteiger partial charge on any atom is 0.228 e. The molecule has 0 fully saturated rings. The zero-order valence-corrected chi connectivity index (χ0v) is 11.8. The van der Waals surface area contributed by atoms with Crippen LogP contribution in [0.15, 0.2) is 0 Å². The molecule has 0 spiro atoms. The summed E-state index contributed by atoms with van der Waals surface area (Å²) in [5, 5.41) is 0.844. The van der Waals surface area contributed by atoms with E-state index in [2.05, 4.69) is 9.97 Å². The topological polar surface area (TPSA) is 38.2 Å². The van der Waals surface area contributed by atoms with Crippen molar-refractivity contribution < 1.29 is 4.74 Å². The lowest BCUT2D eigenvalue weighted by Gasteiger charge is -2.18. The highest BCUT2D eigenvalue weighted by atomic mass is 35.5. The Kier molecular flexibility index (Phi) is 5.95. The van der Waals surface area contributed by atoms with Gasteiger partial charge in [-0.3, -0.25) is 0 Å². The normalized spacial score (nSPS) is 10.6. The average molecular weight is 278 g/mol. The second kappa shape index (κ2) is 6.99. The van der Waals surface area contributed by atoms with Crippen molar-refractivity contribution >= 4 is 29.2 Å². The molecular formula is C11H17Cl2N3O. The van der Waals surface area contributed by atoms with Crippen molar-refractivity contribution in [3.63, 3.8) is 0 Å². The van der Waals surface area contributed by atoms with Crippen LogP contribution in [0.5, 0.6) is 0 Å². The largest absolute Gasteiger partial charge is 0.380 e. The van der Waals surface area contributed by atoms with E-state index in [0.29, 0.717) is 36.0 Å². The first kappa shape index (κ1) is 14.5. The van der Waals surface area contributed by atoms with Crippen LogP contribution in [0.3, 0.4) is 0 Å². The first-order valence-corrected chi connectivity index (χ1v) is 6.36. The van der Waals surface area contributed by atoms with Gasteiger partial charge in [-0.2, -0.15) is 0 Å². The average Bonchev–Trinajstić information content (AvgIpc) is 2.28. The number of likely N-dealkylation sites (N-methyl/N-ethyl adjacent to an activating group) is 1. The highest BCUT2D eigenvalue weighted by Gasteiger charge is 2.12. The zero-order valence-electron chi connectivity index (χ0n) is 10.3. The zero-order chi connectivity index (χ0) is 12.8. The molecule has 4 nitrogen and oxygen atoms in total. The summed E-state index contributed by atoms with van der Waals surface area (Å²) >= 11 is 12.1. The molecule has 6 heteroatoms. The van der Waals surface area contributed by atoms with Gasteiger partial charge in [-0.25, -0.2) is 9.97 Å². The van der Waals surface area contributed by atoms with Gasteiger partial charge in [0, 0.05) is 25.8 Å². The fourth-order valence-electron chi connectivity index (χ4n) is 1.33. The Hall–Kier alpha value is -0.580. The summed E-state index contributed by atoms with van der Waals surface area (Å²) in [7, 11) is 1.88. The Morgan fingerprint density at radius 3 is 2.24 bits per heavy atom. The van der Waals surface area contributed by atoms with Crippen LogP contribution < -0.4 is 4.90 Å².